The molecule has 0 bridgehead atoms. The Morgan fingerprint density at radius 1 is 0.717 bits per heavy atom. The van der Waals surface area contributed by atoms with Crippen molar-refractivity contribution in [1.29, 1.82) is 0 Å². The second-order valence-corrected chi connectivity index (χ2v) is 21.2. The predicted octanol–water partition coefficient (Wildman–Crippen LogP) is 12.8. The first-order valence-corrected chi connectivity index (χ1v) is 22.1. The van der Waals surface area contributed by atoms with Gasteiger partial charge in [-0.2, -0.15) is 0 Å². The number of rotatable bonds is 7. The summed E-state index contributed by atoms with van der Waals surface area (Å²) in [6.45, 7) is 24.8. The summed E-state index contributed by atoms with van der Waals surface area (Å²) in [4.78, 5) is 9.37. The van der Waals surface area contributed by atoms with Crippen LogP contribution in [0.1, 0.15) is 67.0 Å². The van der Waals surface area contributed by atoms with Crippen LogP contribution in [0.25, 0.3) is 55.6 Å². The summed E-state index contributed by atoms with van der Waals surface area (Å²) < 4.78 is 6.43. The van der Waals surface area contributed by atoms with Crippen molar-refractivity contribution in [3.05, 3.63) is 137 Å². The van der Waals surface area contributed by atoms with E-state index in [0.29, 0.717) is 11.8 Å². The minimum absolute atomic E-state index is 0. The molecule has 3 heterocycles. The molecule has 0 fully saturated rings. The summed E-state index contributed by atoms with van der Waals surface area (Å²) in [5, 5.41) is 3.72. The van der Waals surface area contributed by atoms with Gasteiger partial charge in [-0.15, -0.1) is 53.6 Å². The number of furan rings is 1. The van der Waals surface area contributed by atoms with Crippen LogP contribution in [0, 0.1) is 45.7 Å². The van der Waals surface area contributed by atoms with Crippen molar-refractivity contribution < 1.29 is 24.5 Å². The zero-order valence-electron chi connectivity index (χ0n) is 33.2. The van der Waals surface area contributed by atoms with Gasteiger partial charge in [0.25, 0.3) is 0 Å². The first-order valence-electron chi connectivity index (χ1n) is 18.6. The quantitative estimate of drug-likeness (QED) is 0.118. The van der Waals surface area contributed by atoms with E-state index >= 15 is 0 Å². The molecule has 0 saturated carbocycles. The second-order valence-electron chi connectivity index (χ2n) is 16.1. The second kappa shape index (κ2) is 16.5. The third-order valence-electron chi connectivity index (χ3n) is 9.85. The number of pyridine rings is 2. The third-order valence-corrected chi connectivity index (χ3v) is 11.9. The molecule has 7 aromatic rings. The zero-order chi connectivity index (χ0) is 37.3. The van der Waals surface area contributed by atoms with Crippen molar-refractivity contribution in [2.75, 3.05) is 0 Å². The fraction of sp³-hybridized carbons (Fsp3) is 0.292. The van der Waals surface area contributed by atoms with Gasteiger partial charge in [0.15, 0.2) is 0 Å². The summed E-state index contributed by atoms with van der Waals surface area (Å²) in [7, 11) is -1.35. The maximum absolute atomic E-state index is 6.43. The number of nitrogens with zero attached hydrogens (tertiary/aromatic N) is 2. The average molecular weight is 893 g/mol. The Morgan fingerprint density at radius 3 is 2.08 bits per heavy atom. The number of fused-ring (bicyclic) bond motifs is 3. The van der Waals surface area contributed by atoms with Crippen LogP contribution in [0.15, 0.2) is 95.7 Å². The SMILES string of the molecule is Cc1cc(C)c(-c2ccc3c(c2)oc2c(-c4cc(C(C)C)ccn4)[c-]ccc23)c(C)c1.Cc1ccc[c-]c1-c1cc(CC(C)C)c([Si](C)(C)C)cn1.[Ir]. The molecule has 0 saturated heterocycles. The van der Waals surface area contributed by atoms with E-state index in [4.69, 9.17) is 9.40 Å². The van der Waals surface area contributed by atoms with Gasteiger partial charge in [-0.25, -0.2) is 0 Å². The fourth-order valence-electron chi connectivity index (χ4n) is 7.38. The first kappa shape index (κ1) is 40.0. The van der Waals surface area contributed by atoms with Crippen molar-refractivity contribution in [2.45, 2.75) is 87.4 Å². The van der Waals surface area contributed by atoms with Crippen LogP contribution in [0.4, 0.5) is 0 Å². The Balaban J connectivity index is 0.000000216. The Hall–Kier alpha value is -4.15. The molecule has 3 nitrogen and oxygen atoms in total. The Labute approximate surface area is 331 Å². The molecule has 0 N–H and O–H groups in total. The van der Waals surface area contributed by atoms with E-state index in [-0.39, 0.29) is 20.1 Å². The molecule has 0 aliphatic heterocycles. The van der Waals surface area contributed by atoms with Crippen LogP contribution in [0.3, 0.4) is 0 Å². The molecule has 3 aromatic heterocycles. The van der Waals surface area contributed by atoms with Crippen LogP contribution >= 0.6 is 0 Å². The Morgan fingerprint density at radius 2 is 1.42 bits per heavy atom. The van der Waals surface area contributed by atoms with E-state index in [9.17, 15) is 0 Å². The van der Waals surface area contributed by atoms with Crippen LogP contribution in [-0.4, -0.2) is 18.0 Å². The molecule has 4 aromatic carbocycles. The average Bonchev–Trinajstić information content (AvgIpc) is 3.46. The predicted molar refractivity (Wildman–Crippen MR) is 224 cm³/mol. The number of benzene rings is 4. The molecule has 7 rings (SSSR count). The number of aromatic nitrogens is 2. The molecule has 0 spiro atoms. The van der Waals surface area contributed by atoms with Crippen molar-refractivity contribution in [1.82, 2.24) is 9.97 Å². The Bertz CT molecular complexity index is 2360. The summed E-state index contributed by atoms with van der Waals surface area (Å²) in [6, 6.07) is 34.4. The Kier molecular flexibility index (Phi) is 12.4. The largest absolute Gasteiger partial charge is 0.501 e. The molecular formula is C48H52IrN2OSi-2. The van der Waals surface area contributed by atoms with E-state index in [0.717, 1.165) is 50.9 Å². The molecular weight excluding hydrogens is 841 g/mol. The number of hydrogen-bond acceptors (Lipinski definition) is 3. The molecule has 0 amide bonds. The topological polar surface area (TPSA) is 38.9 Å². The van der Waals surface area contributed by atoms with E-state index < -0.39 is 8.07 Å². The molecule has 5 heteroatoms. The van der Waals surface area contributed by atoms with Gasteiger partial charge in [0, 0.05) is 37.9 Å². The van der Waals surface area contributed by atoms with Gasteiger partial charge in [-0.1, -0.05) is 118 Å². The number of hydrogen-bond donors (Lipinski definition) is 0. The van der Waals surface area contributed by atoms with Gasteiger partial charge >= 0.3 is 0 Å². The van der Waals surface area contributed by atoms with Gasteiger partial charge in [0.2, 0.25) is 0 Å². The van der Waals surface area contributed by atoms with Crippen LogP contribution in [-0.2, 0) is 26.5 Å². The van der Waals surface area contributed by atoms with E-state index in [1.54, 1.807) is 0 Å². The smallest absolute Gasteiger partial charge is 0.121 e. The summed E-state index contributed by atoms with van der Waals surface area (Å²) in [6.07, 6.45) is 5.13. The standard InChI is InChI=1S/C29H26NO.C19H26NSi.Ir/c1-17(2)21-11-12-30-26(15-21)25-8-6-7-24-23-10-9-22(16-27(23)31-29(24)25)28-19(4)13-18(3)14-20(28)5;1-14(2)11-16-12-18(17-10-8-7-9-15(17)3)20-13-19(16)21(4,5)6;/h6-7,9-17H,1-5H3;7-9,12-14H,11H2,1-6H3;/q2*-1;. The molecule has 0 aliphatic rings. The van der Waals surface area contributed by atoms with Crippen molar-refractivity contribution >= 4 is 35.2 Å². The molecule has 1 radical (unpaired) electrons. The van der Waals surface area contributed by atoms with Crippen molar-refractivity contribution in [2.24, 2.45) is 5.92 Å². The monoisotopic (exact) mass is 893 g/mol. The van der Waals surface area contributed by atoms with Crippen LogP contribution < -0.4 is 5.19 Å². The van der Waals surface area contributed by atoms with E-state index in [1.807, 2.05) is 24.4 Å². The number of aryl methyl sites for hydroxylation is 4. The minimum atomic E-state index is -1.35. The maximum Gasteiger partial charge on any atom is 0.121 e. The maximum atomic E-state index is 6.43. The van der Waals surface area contributed by atoms with E-state index in [2.05, 4.69) is 159 Å². The zero-order valence-corrected chi connectivity index (χ0v) is 36.6. The third kappa shape index (κ3) is 8.81. The molecule has 0 aliphatic carbocycles. The van der Waals surface area contributed by atoms with Crippen LogP contribution in [0.5, 0.6) is 0 Å². The molecule has 0 atom stereocenters. The van der Waals surface area contributed by atoms with Gasteiger partial charge in [0.05, 0.1) is 13.7 Å². The van der Waals surface area contributed by atoms with Gasteiger partial charge in [-0.3, -0.25) is 0 Å². The molecule has 0 unspecified atom stereocenters. The fourth-order valence-corrected chi connectivity index (χ4v) is 8.97. The molecule has 275 valence electrons. The minimum Gasteiger partial charge on any atom is -0.501 e. The van der Waals surface area contributed by atoms with Gasteiger partial charge in [-0.05, 0) is 90.0 Å². The summed E-state index contributed by atoms with van der Waals surface area (Å²) in [5.41, 5.74) is 16.1. The first-order chi connectivity index (χ1) is 24.7. The van der Waals surface area contributed by atoms with Gasteiger partial charge < -0.3 is 14.4 Å². The normalized spacial score (nSPS) is 11.6. The summed E-state index contributed by atoms with van der Waals surface area (Å²) in [5.74, 6) is 1.11. The molecule has 53 heavy (non-hydrogen) atoms. The van der Waals surface area contributed by atoms with Crippen molar-refractivity contribution in [3.8, 4) is 33.6 Å². The van der Waals surface area contributed by atoms with E-state index in [1.165, 1.54) is 49.7 Å². The summed E-state index contributed by atoms with van der Waals surface area (Å²) >= 11 is 0. The van der Waals surface area contributed by atoms with Gasteiger partial charge in [0.1, 0.15) is 5.58 Å². The van der Waals surface area contributed by atoms with Crippen LogP contribution in [0.2, 0.25) is 19.6 Å². The van der Waals surface area contributed by atoms with Crippen molar-refractivity contribution in [3.63, 3.8) is 0 Å².